The van der Waals surface area contributed by atoms with Crippen LogP contribution in [0, 0.1) is 11.6 Å². The van der Waals surface area contributed by atoms with Gasteiger partial charge in [-0.25, -0.2) is 17.2 Å². The molecule has 2 aromatic carbocycles. The van der Waals surface area contributed by atoms with Crippen LogP contribution in [-0.4, -0.2) is 26.4 Å². The summed E-state index contributed by atoms with van der Waals surface area (Å²) >= 11 is 0. The second-order valence-electron chi connectivity index (χ2n) is 5.09. The average Bonchev–Trinajstić information content (AvgIpc) is 2.48. The third kappa shape index (κ3) is 4.74. The zero-order valence-corrected chi connectivity index (χ0v) is 13.2. The maximum Gasteiger partial charge on any atom is 0.165 e. The maximum atomic E-state index is 13.6. The van der Waals surface area contributed by atoms with Crippen LogP contribution in [0.3, 0.4) is 0 Å². The number of hydrogen-bond donors (Lipinski definition) is 1. The van der Waals surface area contributed by atoms with E-state index in [0.717, 1.165) is 6.07 Å². The standard InChI is InChI=1S/C16H16F2O4S/c1-22-16-7-4-12(8-14(16)18)15(19)10-23(20,21)9-11-2-5-13(17)6-3-11/h2-8,15,19H,9-10H2,1H3. The van der Waals surface area contributed by atoms with Crippen molar-refractivity contribution >= 4 is 9.84 Å². The highest BCUT2D eigenvalue weighted by atomic mass is 32.2. The van der Waals surface area contributed by atoms with Crippen LogP contribution in [0.15, 0.2) is 42.5 Å². The first kappa shape index (κ1) is 17.4. The van der Waals surface area contributed by atoms with Crippen LogP contribution < -0.4 is 4.74 Å². The van der Waals surface area contributed by atoms with E-state index in [4.69, 9.17) is 4.74 Å². The molecule has 0 heterocycles. The van der Waals surface area contributed by atoms with Gasteiger partial charge >= 0.3 is 0 Å². The smallest absolute Gasteiger partial charge is 0.165 e. The van der Waals surface area contributed by atoms with E-state index in [0.29, 0.717) is 5.56 Å². The number of benzene rings is 2. The first-order chi connectivity index (χ1) is 10.8. The molecule has 0 aliphatic heterocycles. The summed E-state index contributed by atoms with van der Waals surface area (Å²) in [6.07, 6.45) is -1.36. The van der Waals surface area contributed by atoms with Crippen LogP contribution in [0.2, 0.25) is 0 Å². The number of hydrogen-bond acceptors (Lipinski definition) is 4. The Balaban J connectivity index is 2.10. The summed E-state index contributed by atoms with van der Waals surface area (Å²) < 4.78 is 55.4. The molecule has 0 spiro atoms. The Kier molecular flexibility index (Phi) is 5.33. The summed E-state index contributed by atoms with van der Waals surface area (Å²) in [6.45, 7) is 0. The zero-order chi connectivity index (χ0) is 17.0. The van der Waals surface area contributed by atoms with Gasteiger partial charge in [-0.15, -0.1) is 0 Å². The molecular weight excluding hydrogens is 326 g/mol. The Morgan fingerprint density at radius 3 is 2.35 bits per heavy atom. The zero-order valence-electron chi connectivity index (χ0n) is 12.4. The number of rotatable bonds is 6. The molecular formula is C16H16F2O4S. The number of ether oxygens (including phenoxy) is 1. The Morgan fingerprint density at radius 2 is 1.78 bits per heavy atom. The van der Waals surface area contributed by atoms with Gasteiger partial charge in [-0.05, 0) is 35.4 Å². The molecule has 4 nitrogen and oxygen atoms in total. The van der Waals surface area contributed by atoms with Gasteiger partial charge in [0, 0.05) is 0 Å². The van der Waals surface area contributed by atoms with E-state index in [1.165, 1.54) is 43.5 Å². The fourth-order valence-electron chi connectivity index (χ4n) is 2.12. The lowest BCUT2D eigenvalue weighted by molar-refractivity contribution is 0.201. The summed E-state index contributed by atoms with van der Waals surface area (Å²) in [6, 6.07) is 8.83. The lowest BCUT2D eigenvalue weighted by atomic mass is 10.1. The molecule has 1 atom stereocenters. The van der Waals surface area contributed by atoms with Crippen molar-refractivity contribution in [3.8, 4) is 5.75 Å². The summed E-state index contributed by atoms with van der Waals surface area (Å²) in [5.41, 5.74) is 0.561. The molecule has 0 aliphatic rings. The minimum Gasteiger partial charge on any atom is -0.494 e. The first-order valence-corrected chi connectivity index (χ1v) is 8.59. The second-order valence-corrected chi connectivity index (χ2v) is 7.20. The Bertz CT molecular complexity index is 773. The molecule has 2 aromatic rings. The second kappa shape index (κ2) is 7.06. The van der Waals surface area contributed by atoms with E-state index in [1.54, 1.807) is 0 Å². The Labute approximate surface area is 133 Å². The summed E-state index contributed by atoms with van der Waals surface area (Å²) in [4.78, 5) is 0. The van der Waals surface area contributed by atoms with Crippen molar-refractivity contribution in [2.75, 3.05) is 12.9 Å². The first-order valence-electron chi connectivity index (χ1n) is 6.77. The molecule has 0 bridgehead atoms. The quantitative estimate of drug-likeness (QED) is 0.876. The summed E-state index contributed by atoms with van der Waals surface area (Å²) in [5, 5.41) is 10.0. The highest BCUT2D eigenvalue weighted by Crippen LogP contribution is 2.23. The van der Waals surface area contributed by atoms with E-state index < -0.39 is 33.3 Å². The highest BCUT2D eigenvalue weighted by Gasteiger charge is 2.20. The van der Waals surface area contributed by atoms with E-state index in [9.17, 15) is 22.3 Å². The van der Waals surface area contributed by atoms with Gasteiger partial charge in [0.05, 0.1) is 24.7 Å². The monoisotopic (exact) mass is 342 g/mol. The van der Waals surface area contributed by atoms with Gasteiger partial charge in [0.15, 0.2) is 21.4 Å². The molecule has 7 heteroatoms. The van der Waals surface area contributed by atoms with E-state index in [2.05, 4.69) is 0 Å². The van der Waals surface area contributed by atoms with Gasteiger partial charge < -0.3 is 9.84 Å². The molecule has 2 rings (SSSR count). The number of sulfone groups is 1. The molecule has 124 valence electrons. The third-order valence-electron chi connectivity index (χ3n) is 3.27. The van der Waals surface area contributed by atoms with Gasteiger partial charge in [0.2, 0.25) is 0 Å². The molecule has 0 radical (unpaired) electrons. The topological polar surface area (TPSA) is 63.6 Å². The average molecular weight is 342 g/mol. The number of aliphatic hydroxyl groups is 1. The van der Waals surface area contributed by atoms with Crippen LogP contribution >= 0.6 is 0 Å². The highest BCUT2D eigenvalue weighted by molar-refractivity contribution is 7.90. The molecule has 0 aromatic heterocycles. The Morgan fingerprint density at radius 1 is 1.13 bits per heavy atom. The maximum absolute atomic E-state index is 13.6. The van der Waals surface area contributed by atoms with Crippen molar-refractivity contribution in [3.63, 3.8) is 0 Å². The molecule has 1 N–H and O–H groups in total. The van der Waals surface area contributed by atoms with Crippen molar-refractivity contribution in [2.45, 2.75) is 11.9 Å². The van der Waals surface area contributed by atoms with Crippen molar-refractivity contribution in [1.82, 2.24) is 0 Å². The molecule has 1 unspecified atom stereocenters. The lowest BCUT2D eigenvalue weighted by Crippen LogP contribution is -2.16. The normalized spacial score (nSPS) is 12.9. The minimum absolute atomic E-state index is 0.00937. The molecule has 0 fully saturated rings. The van der Waals surface area contributed by atoms with E-state index in [-0.39, 0.29) is 17.1 Å². The number of halogens is 2. The van der Waals surface area contributed by atoms with Gasteiger partial charge in [-0.2, -0.15) is 0 Å². The number of aliphatic hydroxyl groups excluding tert-OH is 1. The SMILES string of the molecule is COc1ccc(C(O)CS(=O)(=O)Cc2ccc(F)cc2)cc1F. The van der Waals surface area contributed by atoms with Crippen molar-refractivity contribution < 1.29 is 27.0 Å². The molecule has 23 heavy (non-hydrogen) atoms. The lowest BCUT2D eigenvalue weighted by Gasteiger charge is -2.13. The molecule has 0 saturated heterocycles. The van der Waals surface area contributed by atoms with Gasteiger partial charge in [0.25, 0.3) is 0 Å². The summed E-state index contributed by atoms with van der Waals surface area (Å²) in [5.74, 6) is -2.02. The Hall–Kier alpha value is -1.99. The van der Waals surface area contributed by atoms with Crippen molar-refractivity contribution in [2.24, 2.45) is 0 Å². The number of methoxy groups -OCH3 is 1. The van der Waals surface area contributed by atoms with E-state index >= 15 is 0 Å². The molecule has 0 saturated carbocycles. The fraction of sp³-hybridized carbons (Fsp3) is 0.250. The third-order valence-corrected chi connectivity index (χ3v) is 4.87. The predicted octanol–water partition coefficient (Wildman–Crippen LogP) is 2.62. The van der Waals surface area contributed by atoms with Crippen LogP contribution in [0.4, 0.5) is 8.78 Å². The predicted molar refractivity (Wildman–Crippen MR) is 81.8 cm³/mol. The van der Waals surface area contributed by atoms with Crippen LogP contribution in [0.5, 0.6) is 5.75 Å². The van der Waals surface area contributed by atoms with E-state index in [1.807, 2.05) is 0 Å². The van der Waals surface area contributed by atoms with Crippen LogP contribution in [0.25, 0.3) is 0 Å². The van der Waals surface area contributed by atoms with Crippen molar-refractivity contribution in [1.29, 1.82) is 0 Å². The van der Waals surface area contributed by atoms with Gasteiger partial charge in [-0.3, -0.25) is 0 Å². The van der Waals surface area contributed by atoms with Gasteiger partial charge in [0.1, 0.15) is 5.82 Å². The molecule has 0 aliphatic carbocycles. The van der Waals surface area contributed by atoms with Crippen LogP contribution in [-0.2, 0) is 15.6 Å². The largest absolute Gasteiger partial charge is 0.494 e. The summed E-state index contributed by atoms with van der Waals surface area (Å²) in [7, 11) is -2.34. The van der Waals surface area contributed by atoms with Gasteiger partial charge in [-0.1, -0.05) is 18.2 Å². The minimum atomic E-state index is -3.65. The fourth-order valence-corrected chi connectivity index (χ4v) is 3.61. The van der Waals surface area contributed by atoms with Crippen LogP contribution in [0.1, 0.15) is 17.2 Å². The van der Waals surface area contributed by atoms with Crippen molar-refractivity contribution in [3.05, 3.63) is 65.2 Å². The molecule has 0 amide bonds.